The lowest BCUT2D eigenvalue weighted by Gasteiger charge is -2.18. The number of amides is 2. The van der Waals surface area contributed by atoms with Crippen LogP contribution in [0.25, 0.3) is 17.1 Å². The van der Waals surface area contributed by atoms with E-state index in [1.54, 1.807) is 31.4 Å². The van der Waals surface area contributed by atoms with E-state index in [4.69, 9.17) is 4.74 Å². The number of carbonyl (C=O) groups excluding carboxylic acids is 1. The fourth-order valence-electron chi connectivity index (χ4n) is 3.88. The molecule has 0 atom stereocenters. The molecule has 0 radical (unpaired) electrons. The van der Waals surface area contributed by atoms with Crippen LogP contribution < -0.4 is 25.0 Å². The van der Waals surface area contributed by atoms with Crippen LogP contribution in [0, 0.1) is 0 Å². The summed E-state index contributed by atoms with van der Waals surface area (Å²) in [5, 5.41) is 10.2. The number of hydrogen-bond acceptors (Lipinski definition) is 5. The number of aliphatic imine (C=N–C) groups is 1. The number of ether oxygens (including phenoxy) is 2. The van der Waals surface area contributed by atoms with Crippen LogP contribution in [0.1, 0.15) is 0 Å². The number of methoxy groups -OCH3 is 1. The van der Waals surface area contributed by atoms with Gasteiger partial charge in [-0.3, -0.25) is 0 Å². The molecular formula is C26H22F3N7O3. The van der Waals surface area contributed by atoms with Crippen molar-refractivity contribution in [1.82, 2.24) is 20.1 Å². The number of nitrogens with zero attached hydrogens (tertiary/aromatic N) is 5. The van der Waals surface area contributed by atoms with E-state index in [-0.39, 0.29) is 5.75 Å². The maximum absolute atomic E-state index is 12.6. The predicted molar refractivity (Wildman–Crippen MR) is 138 cm³/mol. The summed E-state index contributed by atoms with van der Waals surface area (Å²) in [5.74, 6) is 1.21. The lowest BCUT2D eigenvalue weighted by atomic mass is 10.2. The maximum atomic E-state index is 12.6. The summed E-state index contributed by atoms with van der Waals surface area (Å²) >= 11 is 0. The molecule has 0 spiro atoms. The van der Waals surface area contributed by atoms with E-state index < -0.39 is 12.4 Å². The summed E-state index contributed by atoms with van der Waals surface area (Å²) in [6.45, 7) is 1.29. The average molecular weight is 538 g/mol. The first-order valence-electron chi connectivity index (χ1n) is 11.7. The Morgan fingerprint density at radius 2 is 1.79 bits per heavy atom. The first-order valence-corrected chi connectivity index (χ1v) is 11.7. The van der Waals surface area contributed by atoms with E-state index >= 15 is 0 Å². The number of rotatable bonds is 6. The second kappa shape index (κ2) is 10.7. The molecule has 200 valence electrons. The standard InChI is InChI=1S/C26H22F3N7O3/c1-38-22-4-2-3-20(15-22)35-14-13-30-24(35)33-25(37)32-18-7-5-17(6-8-18)23-31-16-36(34-23)19-9-11-21(12-10-19)39-26(27,28)29/h2-12,15-16H,13-14H2,1H3,(H2,30,32,33,37). The van der Waals surface area contributed by atoms with E-state index in [0.717, 1.165) is 5.69 Å². The number of hydrogen-bond donors (Lipinski definition) is 2. The minimum Gasteiger partial charge on any atom is -0.497 e. The fraction of sp³-hybridized carbons (Fsp3) is 0.154. The minimum atomic E-state index is -4.76. The van der Waals surface area contributed by atoms with E-state index in [1.807, 2.05) is 29.2 Å². The molecule has 5 rings (SSSR count). The Morgan fingerprint density at radius 1 is 1.03 bits per heavy atom. The second-order valence-corrected chi connectivity index (χ2v) is 8.28. The summed E-state index contributed by atoms with van der Waals surface area (Å²) in [7, 11) is 1.59. The molecule has 1 aliphatic rings. The zero-order valence-electron chi connectivity index (χ0n) is 20.5. The molecule has 4 aromatic rings. The number of benzene rings is 3. The van der Waals surface area contributed by atoms with Gasteiger partial charge in [-0.1, -0.05) is 6.07 Å². The molecule has 39 heavy (non-hydrogen) atoms. The molecule has 0 unspecified atom stereocenters. The van der Waals surface area contributed by atoms with Crippen molar-refractivity contribution in [3.05, 3.63) is 79.1 Å². The zero-order chi connectivity index (χ0) is 27.4. The number of nitrogens with one attached hydrogen (secondary N) is 2. The van der Waals surface area contributed by atoms with Crippen LogP contribution in [0.5, 0.6) is 11.5 Å². The van der Waals surface area contributed by atoms with Gasteiger partial charge in [0.2, 0.25) is 5.96 Å². The van der Waals surface area contributed by atoms with E-state index in [2.05, 4.69) is 30.4 Å². The van der Waals surface area contributed by atoms with Gasteiger partial charge in [0.1, 0.15) is 17.8 Å². The van der Waals surface area contributed by atoms with Crippen LogP contribution in [-0.4, -0.2) is 53.3 Å². The molecule has 0 saturated carbocycles. The van der Waals surface area contributed by atoms with Gasteiger partial charge in [0, 0.05) is 36.1 Å². The molecule has 0 bridgehead atoms. The molecule has 3 aromatic carbocycles. The van der Waals surface area contributed by atoms with Crippen molar-refractivity contribution in [2.24, 2.45) is 4.99 Å². The number of carbonyl (C=O) groups is 1. The van der Waals surface area contributed by atoms with Crippen LogP contribution in [0.3, 0.4) is 0 Å². The van der Waals surface area contributed by atoms with E-state index in [1.165, 1.54) is 35.3 Å². The summed E-state index contributed by atoms with van der Waals surface area (Å²) in [6, 6.07) is 19.1. The molecular weight excluding hydrogens is 515 g/mol. The van der Waals surface area contributed by atoms with Crippen molar-refractivity contribution >= 4 is 23.4 Å². The summed E-state index contributed by atoms with van der Waals surface area (Å²) in [5.41, 5.74) is 2.57. The lowest BCUT2D eigenvalue weighted by molar-refractivity contribution is -0.274. The quantitative estimate of drug-likeness (QED) is 0.363. The van der Waals surface area contributed by atoms with Crippen LogP contribution in [0.15, 0.2) is 84.1 Å². The summed E-state index contributed by atoms with van der Waals surface area (Å²) in [4.78, 5) is 22.9. The van der Waals surface area contributed by atoms with Gasteiger partial charge in [0.15, 0.2) is 5.82 Å². The van der Waals surface area contributed by atoms with Crippen molar-refractivity contribution in [1.29, 1.82) is 0 Å². The van der Waals surface area contributed by atoms with Crippen molar-refractivity contribution in [2.45, 2.75) is 6.36 Å². The number of guanidine groups is 1. The number of alkyl halides is 3. The van der Waals surface area contributed by atoms with Crippen LogP contribution in [0.2, 0.25) is 0 Å². The summed E-state index contributed by atoms with van der Waals surface area (Å²) in [6.07, 6.45) is -3.31. The molecule has 13 heteroatoms. The number of halogens is 3. The Balaban J connectivity index is 1.23. The van der Waals surface area contributed by atoms with Gasteiger partial charge in [-0.05, 0) is 60.7 Å². The number of aromatic nitrogens is 3. The highest BCUT2D eigenvalue weighted by atomic mass is 19.4. The molecule has 1 fully saturated rings. The molecule has 1 saturated heterocycles. The maximum Gasteiger partial charge on any atom is 0.573 e. The zero-order valence-corrected chi connectivity index (χ0v) is 20.5. The van der Waals surface area contributed by atoms with E-state index in [9.17, 15) is 18.0 Å². The SMILES string of the molecule is COc1cccc(N2CCN/C2=N\C(=O)Nc2ccc(-c3ncn(-c4ccc(OC(F)(F)F)cc4)n3)cc2)c1. The van der Waals surface area contributed by atoms with Crippen molar-refractivity contribution in [3.8, 4) is 28.6 Å². The van der Waals surface area contributed by atoms with Gasteiger partial charge in [0.25, 0.3) is 0 Å². The van der Waals surface area contributed by atoms with Gasteiger partial charge in [-0.2, -0.15) is 4.99 Å². The second-order valence-electron chi connectivity index (χ2n) is 8.28. The molecule has 10 nitrogen and oxygen atoms in total. The Kier molecular flexibility index (Phi) is 7.04. The molecule has 1 aliphatic heterocycles. The molecule has 1 aromatic heterocycles. The Bertz CT molecular complexity index is 1490. The summed E-state index contributed by atoms with van der Waals surface area (Å²) < 4.78 is 47.7. The smallest absolute Gasteiger partial charge is 0.497 e. The molecule has 2 heterocycles. The Morgan fingerprint density at radius 3 is 2.51 bits per heavy atom. The van der Waals surface area contributed by atoms with Gasteiger partial charge >= 0.3 is 12.4 Å². The van der Waals surface area contributed by atoms with Crippen molar-refractivity contribution in [2.75, 3.05) is 30.4 Å². The number of urea groups is 1. The average Bonchev–Trinajstić information content (AvgIpc) is 3.59. The largest absolute Gasteiger partial charge is 0.573 e. The third kappa shape index (κ3) is 6.26. The number of anilines is 2. The highest BCUT2D eigenvalue weighted by Gasteiger charge is 2.31. The Hall–Kier alpha value is -5.07. The van der Waals surface area contributed by atoms with E-state index in [0.29, 0.717) is 47.6 Å². The van der Waals surface area contributed by atoms with Crippen LogP contribution in [0.4, 0.5) is 29.3 Å². The normalized spacial score (nSPS) is 14.3. The van der Waals surface area contributed by atoms with Crippen molar-refractivity contribution in [3.63, 3.8) is 0 Å². The van der Waals surface area contributed by atoms with Gasteiger partial charge in [-0.25, -0.2) is 14.5 Å². The molecule has 2 N–H and O–H groups in total. The fourth-order valence-corrected chi connectivity index (χ4v) is 3.88. The van der Waals surface area contributed by atoms with Gasteiger partial charge < -0.3 is 25.0 Å². The first kappa shape index (κ1) is 25.6. The van der Waals surface area contributed by atoms with Gasteiger partial charge in [0.05, 0.1) is 12.8 Å². The molecule has 2 amide bonds. The highest BCUT2D eigenvalue weighted by molar-refractivity contribution is 6.06. The molecule has 0 aliphatic carbocycles. The monoisotopic (exact) mass is 537 g/mol. The lowest BCUT2D eigenvalue weighted by Crippen LogP contribution is -2.31. The third-order valence-electron chi connectivity index (χ3n) is 5.67. The first-order chi connectivity index (χ1) is 18.8. The Labute approximate surface area is 220 Å². The predicted octanol–water partition coefficient (Wildman–Crippen LogP) is 4.84. The highest BCUT2D eigenvalue weighted by Crippen LogP contribution is 2.25. The van der Waals surface area contributed by atoms with Crippen molar-refractivity contribution < 1.29 is 27.4 Å². The topological polar surface area (TPSA) is 106 Å². The van der Waals surface area contributed by atoms with Crippen LogP contribution in [-0.2, 0) is 0 Å². The van der Waals surface area contributed by atoms with Gasteiger partial charge in [-0.15, -0.1) is 18.3 Å². The van der Waals surface area contributed by atoms with Crippen LogP contribution >= 0.6 is 0 Å². The third-order valence-corrected chi connectivity index (χ3v) is 5.67. The minimum absolute atomic E-state index is 0.328.